The Labute approximate surface area is 138 Å². The summed E-state index contributed by atoms with van der Waals surface area (Å²) in [5.74, 6) is 0. The number of hydrogen-bond acceptors (Lipinski definition) is 5. The van der Waals surface area contributed by atoms with Crippen molar-refractivity contribution >= 4 is 11.3 Å². The van der Waals surface area contributed by atoms with Crippen molar-refractivity contribution in [2.75, 3.05) is 26.2 Å². The molecule has 0 aromatic carbocycles. The third-order valence-electron chi connectivity index (χ3n) is 5.08. The zero-order valence-electron chi connectivity index (χ0n) is 13.7. The first-order chi connectivity index (χ1) is 10.8. The van der Waals surface area contributed by atoms with Gasteiger partial charge in [0, 0.05) is 30.6 Å². The normalized spacial score (nSPS) is 27.0. The fourth-order valence-corrected chi connectivity index (χ4v) is 4.77. The molecule has 0 saturated carbocycles. The van der Waals surface area contributed by atoms with Gasteiger partial charge in [0.05, 0.1) is 17.3 Å². The van der Waals surface area contributed by atoms with Gasteiger partial charge < -0.3 is 5.11 Å². The topological polar surface area (TPSA) is 39.6 Å². The van der Waals surface area contributed by atoms with E-state index in [0.29, 0.717) is 18.7 Å². The quantitative estimate of drug-likeness (QED) is 0.837. The minimum Gasteiger partial charge on any atom is -0.395 e. The third-order valence-corrected chi connectivity index (χ3v) is 6.04. The lowest BCUT2D eigenvalue weighted by Gasteiger charge is -2.31. The lowest BCUT2D eigenvalue weighted by atomic mass is 10.2. The number of likely N-dealkylation sites (tertiary alicyclic amines) is 2. The SMILES string of the molecule is CCCc1nc(CN2CCCC2CN2CCCC2CO)cs1. The fraction of sp³-hybridized carbons (Fsp3) is 0.824. The van der Waals surface area contributed by atoms with E-state index in [1.807, 2.05) is 11.3 Å². The second-order valence-corrected chi connectivity index (χ2v) is 7.67. The Hall–Kier alpha value is -0.490. The van der Waals surface area contributed by atoms with Gasteiger partial charge in [-0.15, -0.1) is 11.3 Å². The molecule has 0 amide bonds. The zero-order chi connectivity index (χ0) is 15.4. The Balaban J connectivity index is 1.55. The molecule has 5 heteroatoms. The lowest BCUT2D eigenvalue weighted by Crippen LogP contribution is -2.43. The summed E-state index contributed by atoms with van der Waals surface area (Å²) in [6, 6.07) is 1.04. The molecule has 0 radical (unpaired) electrons. The molecule has 124 valence electrons. The Bertz CT molecular complexity index is 465. The van der Waals surface area contributed by atoms with Crippen LogP contribution in [0.2, 0.25) is 0 Å². The minimum atomic E-state index is 0.319. The van der Waals surface area contributed by atoms with E-state index < -0.39 is 0 Å². The number of hydrogen-bond donors (Lipinski definition) is 1. The van der Waals surface area contributed by atoms with Crippen LogP contribution >= 0.6 is 11.3 Å². The van der Waals surface area contributed by atoms with Gasteiger partial charge in [-0.05, 0) is 51.6 Å². The van der Waals surface area contributed by atoms with E-state index in [-0.39, 0.29) is 0 Å². The van der Waals surface area contributed by atoms with Gasteiger partial charge in [-0.2, -0.15) is 0 Å². The predicted octanol–water partition coefficient (Wildman–Crippen LogP) is 2.52. The van der Waals surface area contributed by atoms with Gasteiger partial charge in [-0.25, -0.2) is 4.98 Å². The molecule has 2 aliphatic rings. The van der Waals surface area contributed by atoms with E-state index in [0.717, 1.165) is 32.5 Å². The Morgan fingerprint density at radius 2 is 2.00 bits per heavy atom. The largest absolute Gasteiger partial charge is 0.395 e. The zero-order valence-corrected chi connectivity index (χ0v) is 14.5. The van der Waals surface area contributed by atoms with Crippen LogP contribution in [0.3, 0.4) is 0 Å². The average molecular weight is 324 g/mol. The molecule has 2 saturated heterocycles. The molecule has 3 rings (SSSR count). The second kappa shape index (κ2) is 7.86. The van der Waals surface area contributed by atoms with E-state index in [4.69, 9.17) is 4.98 Å². The van der Waals surface area contributed by atoms with Crippen LogP contribution in [0.25, 0.3) is 0 Å². The van der Waals surface area contributed by atoms with Crippen LogP contribution in [0, 0.1) is 0 Å². The van der Waals surface area contributed by atoms with Crippen molar-refractivity contribution < 1.29 is 5.11 Å². The second-order valence-electron chi connectivity index (χ2n) is 6.72. The number of aryl methyl sites for hydroxylation is 1. The van der Waals surface area contributed by atoms with Crippen molar-refractivity contribution in [2.24, 2.45) is 0 Å². The molecular weight excluding hydrogens is 294 g/mol. The van der Waals surface area contributed by atoms with E-state index in [1.54, 1.807) is 0 Å². The van der Waals surface area contributed by atoms with Gasteiger partial charge in [0.2, 0.25) is 0 Å². The first kappa shape index (κ1) is 16.4. The number of aliphatic hydroxyl groups excluding tert-OH is 1. The molecule has 3 heterocycles. The fourth-order valence-electron chi connectivity index (χ4n) is 3.88. The van der Waals surface area contributed by atoms with Gasteiger partial charge >= 0.3 is 0 Å². The summed E-state index contributed by atoms with van der Waals surface area (Å²) in [7, 11) is 0. The number of nitrogens with zero attached hydrogens (tertiary/aromatic N) is 3. The van der Waals surface area contributed by atoms with Crippen LogP contribution in [-0.4, -0.2) is 58.2 Å². The Morgan fingerprint density at radius 1 is 1.23 bits per heavy atom. The van der Waals surface area contributed by atoms with Crippen LogP contribution in [-0.2, 0) is 13.0 Å². The van der Waals surface area contributed by atoms with E-state index in [9.17, 15) is 5.11 Å². The maximum atomic E-state index is 9.50. The summed E-state index contributed by atoms with van der Waals surface area (Å²) in [6.07, 6.45) is 7.28. The molecular formula is C17H29N3OS. The predicted molar refractivity (Wildman–Crippen MR) is 91.2 cm³/mol. The summed E-state index contributed by atoms with van der Waals surface area (Å²) in [6.45, 7) is 7.01. The van der Waals surface area contributed by atoms with Crippen LogP contribution in [0.5, 0.6) is 0 Å². The smallest absolute Gasteiger partial charge is 0.0928 e. The molecule has 1 aromatic rings. The number of aliphatic hydroxyl groups is 1. The van der Waals surface area contributed by atoms with E-state index >= 15 is 0 Å². The van der Waals surface area contributed by atoms with Gasteiger partial charge in [0.25, 0.3) is 0 Å². The highest BCUT2D eigenvalue weighted by atomic mass is 32.1. The number of rotatable bonds is 7. The van der Waals surface area contributed by atoms with Crippen molar-refractivity contribution in [1.29, 1.82) is 0 Å². The highest BCUT2D eigenvalue weighted by Gasteiger charge is 2.31. The maximum absolute atomic E-state index is 9.50. The monoisotopic (exact) mass is 323 g/mol. The van der Waals surface area contributed by atoms with Crippen molar-refractivity contribution in [1.82, 2.24) is 14.8 Å². The molecule has 0 spiro atoms. The molecule has 1 N–H and O–H groups in total. The van der Waals surface area contributed by atoms with E-state index in [2.05, 4.69) is 22.1 Å². The van der Waals surface area contributed by atoms with Crippen molar-refractivity contribution in [3.63, 3.8) is 0 Å². The summed E-state index contributed by atoms with van der Waals surface area (Å²) < 4.78 is 0. The molecule has 2 fully saturated rings. The summed E-state index contributed by atoms with van der Waals surface area (Å²) in [5, 5.41) is 13.0. The maximum Gasteiger partial charge on any atom is 0.0928 e. The molecule has 0 aliphatic carbocycles. The molecule has 2 unspecified atom stereocenters. The molecule has 0 bridgehead atoms. The molecule has 2 atom stereocenters. The first-order valence-corrected chi connectivity index (χ1v) is 9.70. The average Bonchev–Trinajstić information content (AvgIpc) is 3.23. The van der Waals surface area contributed by atoms with Crippen LogP contribution in [0.15, 0.2) is 5.38 Å². The van der Waals surface area contributed by atoms with E-state index in [1.165, 1.54) is 42.9 Å². The summed E-state index contributed by atoms with van der Waals surface area (Å²) >= 11 is 1.81. The number of thiazole rings is 1. The molecule has 22 heavy (non-hydrogen) atoms. The van der Waals surface area contributed by atoms with Gasteiger partial charge in [0.1, 0.15) is 0 Å². The van der Waals surface area contributed by atoms with Crippen molar-refractivity contribution in [3.8, 4) is 0 Å². The van der Waals surface area contributed by atoms with Crippen LogP contribution in [0.4, 0.5) is 0 Å². The highest BCUT2D eigenvalue weighted by Crippen LogP contribution is 2.25. The summed E-state index contributed by atoms with van der Waals surface area (Å²) in [5.41, 5.74) is 1.25. The van der Waals surface area contributed by atoms with Crippen LogP contribution in [0.1, 0.15) is 49.7 Å². The van der Waals surface area contributed by atoms with Crippen LogP contribution < -0.4 is 0 Å². The van der Waals surface area contributed by atoms with Crippen molar-refractivity contribution in [3.05, 3.63) is 16.1 Å². The van der Waals surface area contributed by atoms with Gasteiger partial charge in [-0.1, -0.05) is 6.92 Å². The van der Waals surface area contributed by atoms with Gasteiger partial charge in [-0.3, -0.25) is 9.80 Å². The third kappa shape index (κ3) is 3.88. The highest BCUT2D eigenvalue weighted by molar-refractivity contribution is 7.09. The Kier molecular flexibility index (Phi) is 5.85. The standard InChI is InChI=1S/C17H29N3OS/c1-2-5-17-18-14(13-22-17)10-19-8-3-6-15(19)11-20-9-4-7-16(20)12-21/h13,15-16,21H,2-12H2,1H3. The lowest BCUT2D eigenvalue weighted by molar-refractivity contribution is 0.119. The minimum absolute atomic E-state index is 0.319. The first-order valence-electron chi connectivity index (χ1n) is 8.82. The van der Waals surface area contributed by atoms with Crippen molar-refractivity contribution in [2.45, 2.75) is 64.1 Å². The van der Waals surface area contributed by atoms with Gasteiger partial charge in [0.15, 0.2) is 0 Å². The summed E-state index contributed by atoms with van der Waals surface area (Å²) in [4.78, 5) is 9.90. The number of aromatic nitrogens is 1. The molecule has 1 aromatic heterocycles. The molecule has 2 aliphatic heterocycles. The Morgan fingerprint density at radius 3 is 2.77 bits per heavy atom. The molecule has 4 nitrogen and oxygen atoms in total.